The van der Waals surface area contributed by atoms with Crippen LogP contribution in [-0.4, -0.2) is 5.11 Å². The van der Waals surface area contributed by atoms with Gasteiger partial charge < -0.3 is 5.11 Å². The summed E-state index contributed by atoms with van der Waals surface area (Å²) in [6.07, 6.45) is 8.77. The lowest BCUT2D eigenvalue weighted by molar-refractivity contribution is 0.0729. The minimum Gasteiger partial charge on any atom is -0.388 e. The fourth-order valence-electron chi connectivity index (χ4n) is 3.57. The van der Waals surface area contributed by atoms with Gasteiger partial charge in [-0.1, -0.05) is 50.5 Å². The van der Waals surface area contributed by atoms with Crippen molar-refractivity contribution in [2.45, 2.75) is 63.9 Å². The average Bonchev–Trinajstić information content (AvgIpc) is 3.31. The molecule has 3 rings (SSSR count). The van der Waals surface area contributed by atoms with E-state index in [1.165, 1.54) is 50.5 Å². The fourth-order valence-corrected chi connectivity index (χ4v) is 3.57. The maximum atomic E-state index is 10.5. The molecule has 0 radical (unpaired) electrons. The summed E-state index contributed by atoms with van der Waals surface area (Å²) in [5, 5.41) is 10.5. The molecule has 1 unspecified atom stereocenters. The first-order chi connectivity index (χ1) is 9.28. The highest BCUT2D eigenvalue weighted by molar-refractivity contribution is 5.29. The molecule has 2 aliphatic rings. The van der Waals surface area contributed by atoms with Gasteiger partial charge in [-0.05, 0) is 54.6 Å². The summed E-state index contributed by atoms with van der Waals surface area (Å²) in [6, 6.07) is 8.77. The summed E-state index contributed by atoms with van der Waals surface area (Å²) in [5.74, 6) is 2.20. The standard InChI is InChI=1S/C18H26O/c1-2-13-3-5-16(6-4-13)18(19)17-11-9-15(10-12-17)14-7-8-14/h9-14,16,18-19H,2-8H2,1H3. The highest BCUT2D eigenvalue weighted by Gasteiger charge is 2.27. The first kappa shape index (κ1) is 13.2. The molecule has 1 aromatic rings. The minimum absolute atomic E-state index is 0.244. The van der Waals surface area contributed by atoms with Gasteiger partial charge in [0.15, 0.2) is 0 Å². The van der Waals surface area contributed by atoms with Crippen molar-refractivity contribution in [3.8, 4) is 0 Å². The van der Waals surface area contributed by atoms with Gasteiger partial charge in [0.2, 0.25) is 0 Å². The van der Waals surface area contributed by atoms with E-state index in [1.807, 2.05) is 0 Å². The average molecular weight is 258 g/mol. The molecule has 19 heavy (non-hydrogen) atoms. The number of benzene rings is 1. The Bertz CT molecular complexity index is 396. The smallest absolute Gasteiger partial charge is 0.0818 e. The molecule has 1 heteroatoms. The molecule has 2 saturated carbocycles. The van der Waals surface area contributed by atoms with Crippen LogP contribution in [0.3, 0.4) is 0 Å². The van der Waals surface area contributed by atoms with Crippen LogP contribution in [0.2, 0.25) is 0 Å². The van der Waals surface area contributed by atoms with E-state index in [4.69, 9.17) is 0 Å². The quantitative estimate of drug-likeness (QED) is 0.821. The predicted molar refractivity (Wildman–Crippen MR) is 79.1 cm³/mol. The Hall–Kier alpha value is -0.820. The van der Waals surface area contributed by atoms with Crippen LogP contribution >= 0.6 is 0 Å². The second kappa shape index (κ2) is 5.66. The zero-order valence-electron chi connectivity index (χ0n) is 12.0. The Kier molecular flexibility index (Phi) is 3.93. The van der Waals surface area contributed by atoms with Crippen LogP contribution in [-0.2, 0) is 0 Å². The second-order valence-corrected chi connectivity index (χ2v) is 6.57. The third-order valence-electron chi connectivity index (χ3n) is 5.24. The Morgan fingerprint density at radius 3 is 2.16 bits per heavy atom. The number of aliphatic hydroxyl groups excluding tert-OH is 1. The fraction of sp³-hybridized carbons (Fsp3) is 0.667. The third-order valence-corrected chi connectivity index (χ3v) is 5.24. The zero-order chi connectivity index (χ0) is 13.2. The van der Waals surface area contributed by atoms with Gasteiger partial charge in [0.25, 0.3) is 0 Å². The van der Waals surface area contributed by atoms with Crippen molar-refractivity contribution in [2.24, 2.45) is 11.8 Å². The summed E-state index contributed by atoms with van der Waals surface area (Å²) in [6.45, 7) is 2.29. The lowest BCUT2D eigenvalue weighted by Gasteiger charge is -2.31. The molecule has 0 spiro atoms. The third kappa shape index (κ3) is 3.02. The summed E-state index contributed by atoms with van der Waals surface area (Å²) in [7, 11) is 0. The molecule has 0 heterocycles. The highest BCUT2D eigenvalue weighted by atomic mass is 16.3. The van der Waals surface area contributed by atoms with Crippen molar-refractivity contribution in [1.29, 1.82) is 0 Å². The molecule has 1 aromatic carbocycles. The van der Waals surface area contributed by atoms with Crippen molar-refractivity contribution in [2.75, 3.05) is 0 Å². The van der Waals surface area contributed by atoms with E-state index in [-0.39, 0.29) is 6.10 Å². The Morgan fingerprint density at radius 2 is 1.63 bits per heavy atom. The number of hydrogen-bond acceptors (Lipinski definition) is 1. The molecule has 1 nitrogen and oxygen atoms in total. The largest absolute Gasteiger partial charge is 0.388 e. The van der Waals surface area contributed by atoms with Crippen molar-refractivity contribution in [3.05, 3.63) is 35.4 Å². The summed E-state index contributed by atoms with van der Waals surface area (Å²) in [4.78, 5) is 0. The Morgan fingerprint density at radius 1 is 1.00 bits per heavy atom. The second-order valence-electron chi connectivity index (χ2n) is 6.57. The summed E-state index contributed by atoms with van der Waals surface area (Å²) >= 11 is 0. The Labute approximate surface area is 117 Å². The molecule has 0 aromatic heterocycles. The van der Waals surface area contributed by atoms with Crippen LogP contribution in [0.5, 0.6) is 0 Å². The first-order valence-corrected chi connectivity index (χ1v) is 8.06. The number of rotatable bonds is 4. The van der Waals surface area contributed by atoms with Gasteiger partial charge in [-0.15, -0.1) is 0 Å². The maximum absolute atomic E-state index is 10.5. The monoisotopic (exact) mass is 258 g/mol. The minimum atomic E-state index is -0.244. The molecule has 104 valence electrons. The van der Waals surface area contributed by atoms with E-state index in [0.29, 0.717) is 5.92 Å². The molecule has 0 bridgehead atoms. The van der Waals surface area contributed by atoms with E-state index < -0.39 is 0 Å². The van der Waals surface area contributed by atoms with Crippen LogP contribution in [0.15, 0.2) is 24.3 Å². The maximum Gasteiger partial charge on any atom is 0.0818 e. The van der Waals surface area contributed by atoms with E-state index in [9.17, 15) is 5.11 Å². The van der Waals surface area contributed by atoms with Gasteiger partial charge in [-0.25, -0.2) is 0 Å². The molecule has 0 aliphatic heterocycles. The number of hydrogen-bond donors (Lipinski definition) is 1. The lowest BCUT2D eigenvalue weighted by Crippen LogP contribution is -2.20. The zero-order valence-corrected chi connectivity index (χ0v) is 12.0. The molecule has 2 aliphatic carbocycles. The SMILES string of the molecule is CCC1CCC(C(O)c2ccc(C3CC3)cc2)CC1. The van der Waals surface area contributed by atoms with Crippen LogP contribution < -0.4 is 0 Å². The highest BCUT2D eigenvalue weighted by Crippen LogP contribution is 2.41. The van der Waals surface area contributed by atoms with Gasteiger partial charge in [-0.3, -0.25) is 0 Å². The molecule has 0 saturated heterocycles. The summed E-state index contributed by atoms with van der Waals surface area (Å²) in [5.41, 5.74) is 2.59. The lowest BCUT2D eigenvalue weighted by atomic mass is 9.77. The van der Waals surface area contributed by atoms with E-state index >= 15 is 0 Å². The van der Waals surface area contributed by atoms with Crippen LogP contribution in [0.1, 0.15) is 75.0 Å². The molecule has 0 amide bonds. The van der Waals surface area contributed by atoms with Gasteiger partial charge in [0, 0.05) is 0 Å². The van der Waals surface area contributed by atoms with Gasteiger partial charge in [0.05, 0.1) is 6.10 Å². The van der Waals surface area contributed by atoms with Crippen LogP contribution in [0.25, 0.3) is 0 Å². The van der Waals surface area contributed by atoms with Crippen molar-refractivity contribution in [1.82, 2.24) is 0 Å². The van der Waals surface area contributed by atoms with Gasteiger partial charge >= 0.3 is 0 Å². The van der Waals surface area contributed by atoms with E-state index in [1.54, 1.807) is 0 Å². The van der Waals surface area contributed by atoms with Crippen molar-refractivity contribution < 1.29 is 5.11 Å². The van der Waals surface area contributed by atoms with Crippen LogP contribution in [0.4, 0.5) is 0 Å². The van der Waals surface area contributed by atoms with E-state index in [0.717, 1.165) is 17.4 Å². The number of aliphatic hydroxyl groups is 1. The first-order valence-electron chi connectivity index (χ1n) is 8.06. The van der Waals surface area contributed by atoms with Crippen LogP contribution in [0, 0.1) is 11.8 Å². The normalized spacial score (nSPS) is 29.2. The predicted octanol–water partition coefficient (Wildman–Crippen LogP) is 4.81. The molecular formula is C18H26O. The van der Waals surface area contributed by atoms with Gasteiger partial charge in [0.1, 0.15) is 0 Å². The van der Waals surface area contributed by atoms with Gasteiger partial charge in [-0.2, -0.15) is 0 Å². The molecule has 1 atom stereocenters. The van der Waals surface area contributed by atoms with Crippen molar-refractivity contribution in [3.63, 3.8) is 0 Å². The summed E-state index contributed by atoms with van der Waals surface area (Å²) < 4.78 is 0. The topological polar surface area (TPSA) is 20.2 Å². The van der Waals surface area contributed by atoms with E-state index in [2.05, 4.69) is 31.2 Å². The molecule has 2 fully saturated rings. The molecular weight excluding hydrogens is 232 g/mol. The molecule has 1 N–H and O–H groups in total. The van der Waals surface area contributed by atoms with Crippen molar-refractivity contribution >= 4 is 0 Å². The Balaban J connectivity index is 1.61.